The highest BCUT2D eigenvalue weighted by atomic mass is 16.2. The van der Waals surface area contributed by atoms with E-state index in [1.807, 2.05) is 81.4 Å². The van der Waals surface area contributed by atoms with Crippen LogP contribution in [0.1, 0.15) is 32.4 Å². The summed E-state index contributed by atoms with van der Waals surface area (Å²) in [6.45, 7) is 5.94. The molecule has 0 unspecified atom stereocenters. The second kappa shape index (κ2) is 6.44. The van der Waals surface area contributed by atoms with E-state index in [2.05, 4.69) is 10.6 Å². The van der Waals surface area contributed by atoms with Gasteiger partial charge in [-0.25, -0.2) is 0 Å². The number of anilines is 1. The van der Waals surface area contributed by atoms with E-state index in [0.717, 1.165) is 11.3 Å². The van der Waals surface area contributed by atoms with Crippen LogP contribution in [0.15, 0.2) is 60.7 Å². The molecular formula is C18H22N2O. The number of amides is 1. The van der Waals surface area contributed by atoms with Crippen molar-refractivity contribution < 1.29 is 4.79 Å². The summed E-state index contributed by atoms with van der Waals surface area (Å²) in [6.07, 6.45) is 0. The molecule has 1 atom stereocenters. The fraction of sp³-hybridized carbons (Fsp3) is 0.278. The maximum Gasteiger partial charge on any atom is 0.247 e. The fourth-order valence-corrected chi connectivity index (χ4v) is 2.09. The van der Waals surface area contributed by atoms with Gasteiger partial charge in [-0.1, -0.05) is 48.5 Å². The fourth-order valence-electron chi connectivity index (χ4n) is 2.09. The predicted octanol–water partition coefficient (Wildman–Crippen LogP) is 3.75. The number of para-hydroxylation sites is 1. The number of hydrogen-bond acceptors (Lipinski definition) is 2. The maximum atomic E-state index is 12.6. The molecule has 0 radical (unpaired) electrons. The van der Waals surface area contributed by atoms with Crippen molar-refractivity contribution in [2.75, 3.05) is 5.32 Å². The molecule has 110 valence electrons. The third-order valence-electron chi connectivity index (χ3n) is 2.98. The zero-order chi connectivity index (χ0) is 15.3. The lowest BCUT2D eigenvalue weighted by molar-refractivity contribution is -0.123. The second-order valence-corrected chi connectivity index (χ2v) is 6.09. The van der Waals surface area contributed by atoms with E-state index >= 15 is 0 Å². The zero-order valence-corrected chi connectivity index (χ0v) is 12.8. The van der Waals surface area contributed by atoms with Crippen molar-refractivity contribution in [1.82, 2.24) is 5.32 Å². The highest BCUT2D eigenvalue weighted by Crippen LogP contribution is 2.20. The van der Waals surface area contributed by atoms with Crippen LogP contribution in [0.25, 0.3) is 0 Å². The standard InChI is InChI=1S/C18H22N2O/c1-18(2,3)20-17(21)16(14-10-6-4-7-11-14)19-15-12-8-5-9-13-15/h4-13,16,19H,1-3H3,(H,20,21)/t16-/m1/s1. The first-order valence-electron chi connectivity index (χ1n) is 7.14. The summed E-state index contributed by atoms with van der Waals surface area (Å²) in [5.41, 5.74) is 1.61. The van der Waals surface area contributed by atoms with Crippen LogP contribution in [0.2, 0.25) is 0 Å². The maximum absolute atomic E-state index is 12.6. The molecule has 0 saturated heterocycles. The summed E-state index contributed by atoms with van der Waals surface area (Å²) in [6, 6.07) is 19.1. The number of benzene rings is 2. The molecular weight excluding hydrogens is 260 g/mol. The highest BCUT2D eigenvalue weighted by Gasteiger charge is 2.24. The first-order chi connectivity index (χ1) is 9.96. The molecule has 0 aromatic heterocycles. The number of nitrogens with one attached hydrogen (secondary N) is 2. The number of rotatable bonds is 4. The lowest BCUT2D eigenvalue weighted by Gasteiger charge is -2.26. The van der Waals surface area contributed by atoms with Gasteiger partial charge in [-0.2, -0.15) is 0 Å². The predicted molar refractivity (Wildman–Crippen MR) is 87.1 cm³/mol. The molecule has 2 rings (SSSR count). The van der Waals surface area contributed by atoms with Crippen LogP contribution in [-0.2, 0) is 4.79 Å². The SMILES string of the molecule is CC(C)(C)NC(=O)[C@H](Nc1ccccc1)c1ccccc1. The van der Waals surface area contributed by atoms with Crippen molar-refractivity contribution in [3.8, 4) is 0 Å². The van der Waals surface area contributed by atoms with E-state index < -0.39 is 6.04 Å². The van der Waals surface area contributed by atoms with E-state index in [9.17, 15) is 4.79 Å². The summed E-state index contributed by atoms with van der Waals surface area (Å²) in [7, 11) is 0. The van der Waals surface area contributed by atoms with Crippen molar-refractivity contribution in [2.45, 2.75) is 32.4 Å². The Bertz CT molecular complexity index is 573. The molecule has 0 fully saturated rings. The van der Waals surface area contributed by atoms with Gasteiger partial charge in [0.1, 0.15) is 6.04 Å². The number of hydrogen-bond donors (Lipinski definition) is 2. The van der Waals surface area contributed by atoms with Gasteiger partial charge in [0.05, 0.1) is 0 Å². The molecule has 1 amide bonds. The summed E-state index contributed by atoms with van der Waals surface area (Å²) in [5, 5.41) is 6.34. The van der Waals surface area contributed by atoms with E-state index in [-0.39, 0.29) is 11.4 Å². The first-order valence-corrected chi connectivity index (χ1v) is 7.14. The van der Waals surface area contributed by atoms with Gasteiger partial charge in [-0.3, -0.25) is 4.79 Å². The second-order valence-electron chi connectivity index (χ2n) is 6.09. The van der Waals surface area contributed by atoms with Crippen molar-refractivity contribution in [2.24, 2.45) is 0 Å². The largest absolute Gasteiger partial charge is 0.370 e. The summed E-state index contributed by atoms with van der Waals surface area (Å²) in [4.78, 5) is 12.6. The van der Waals surface area contributed by atoms with Crippen molar-refractivity contribution in [3.05, 3.63) is 66.2 Å². The molecule has 0 aliphatic rings. The minimum absolute atomic E-state index is 0.0300. The van der Waals surface area contributed by atoms with Crippen molar-refractivity contribution in [1.29, 1.82) is 0 Å². The normalized spacial score (nSPS) is 12.5. The first kappa shape index (κ1) is 15.1. The minimum atomic E-state index is -0.409. The van der Waals surface area contributed by atoms with Crippen LogP contribution in [0.5, 0.6) is 0 Å². The Kier molecular flexibility index (Phi) is 4.63. The van der Waals surface area contributed by atoms with Crippen LogP contribution in [-0.4, -0.2) is 11.4 Å². The van der Waals surface area contributed by atoms with E-state index in [1.54, 1.807) is 0 Å². The number of carbonyl (C=O) groups is 1. The molecule has 2 aromatic carbocycles. The number of carbonyl (C=O) groups excluding carboxylic acids is 1. The van der Waals surface area contributed by atoms with Gasteiger partial charge in [0.2, 0.25) is 5.91 Å². The van der Waals surface area contributed by atoms with E-state index in [4.69, 9.17) is 0 Å². The molecule has 0 bridgehead atoms. The Morgan fingerprint density at radius 3 is 1.95 bits per heavy atom. The summed E-state index contributed by atoms with van der Waals surface area (Å²) >= 11 is 0. The lowest BCUT2D eigenvalue weighted by Crippen LogP contribution is -2.44. The Labute approximate surface area is 126 Å². The van der Waals surface area contributed by atoms with Crippen molar-refractivity contribution >= 4 is 11.6 Å². The van der Waals surface area contributed by atoms with Gasteiger partial charge in [0, 0.05) is 11.2 Å². The van der Waals surface area contributed by atoms with Crippen LogP contribution in [0, 0.1) is 0 Å². The molecule has 0 aliphatic carbocycles. The Morgan fingerprint density at radius 1 is 0.905 bits per heavy atom. The quantitative estimate of drug-likeness (QED) is 0.896. The topological polar surface area (TPSA) is 41.1 Å². The molecule has 21 heavy (non-hydrogen) atoms. The summed E-state index contributed by atoms with van der Waals surface area (Å²) < 4.78 is 0. The Balaban J connectivity index is 2.25. The third kappa shape index (κ3) is 4.63. The van der Waals surface area contributed by atoms with E-state index in [0.29, 0.717) is 0 Å². The lowest BCUT2D eigenvalue weighted by atomic mass is 10.0. The van der Waals surface area contributed by atoms with Gasteiger partial charge < -0.3 is 10.6 Å². The van der Waals surface area contributed by atoms with Gasteiger partial charge in [-0.05, 0) is 38.5 Å². The Hall–Kier alpha value is -2.29. The van der Waals surface area contributed by atoms with E-state index in [1.165, 1.54) is 0 Å². The van der Waals surface area contributed by atoms with Gasteiger partial charge >= 0.3 is 0 Å². The molecule has 0 spiro atoms. The van der Waals surface area contributed by atoms with Crippen LogP contribution in [0.4, 0.5) is 5.69 Å². The van der Waals surface area contributed by atoms with Crippen LogP contribution in [0.3, 0.4) is 0 Å². The molecule has 2 aromatic rings. The molecule has 2 N–H and O–H groups in total. The summed E-state index contributed by atoms with van der Waals surface area (Å²) in [5.74, 6) is -0.0300. The minimum Gasteiger partial charge on any atom is -0.370 e. The molecule has 0 aliphatic heterocycles. The molecule has 3 heteroatoms. The highest BCUT2D eigenvalue weighted by molar-refractivity contribution is 5.86. The monoisotopic (exact) mass is 282 g/mol. The van der Waals surface area contributed by atoms with Gasteiger partial charge in [0.15, 0.2) is 0 Å². The molecule has 3 nitrogen and oxygen atoms in total. The molecule has 0 heterocycles. The molecule has 0 saturated carbocycles. The average Bonchev–Trinajstić information content (AvgIpc) is 2.45. The Morgan fingerprint density at radius 2 is 1.43 bits per heavy atom. The smallest absolute Gasteiger partial charge is 0.247 e. The third-order valence-corrected chi connectivity index (χ3v) is 2.98. The van der Waals surface area contributed by atoms with Crippen LogP contribution >= 0.6 is 0 Å². The zero-order valence-electron chi connectivity index (χ0n) is 12.8. The average molecular weight is 282 g/mol. The van der Waals surface area contributed by atoms with Gasteiger partial charge in [0.25, 0.3) is 0 Å². The van der Waals surface area contributed by atoms with Gasteiger partial charge in [-0.15, -0.1) is 0 Å². The van der Waals surface area contributed by atoms with Crippen LogP contribution < -0.4 is 10.6 Å². The van der Waals surface area contributed by atoms with Crippen molar-refractivity contribution in [3.63, 3.8) is 0 Å².